The van der Waals surface area contributed by atoms with Gasteiger partial charge in [0.2, 0.25) is 0 Å². The number of hydrogen-bond donors (Lipinski definition) is 0. The fourth-order valence-corrected chi connectivity index (χ4v) is 2.94. The predicted octanol–water partition coefficient (Wildman–Crippen LogP) is 6.17. The van der Waals surface area contributed by atoms with Crippen molar-refractivity contribution in [3.63, 3.8) is 0 Å². The molecule has 0 saturated heterocycles. The average molecular weight is 328 g/mol. The fraction of sp³-hybridized carbons (Fsp3) is 0.167. The van der Waals surface area contributed by atoms with Crippen LogP contribution in [-0.2, 0) is 4.74 Å². The van der Waals surface area contributed by atoms with Gasteiger partial charge < -0.3 is 4.74 Å². The van der Waals surface area contributed by atoms with Crippen LogP contribution in [0.4, 0.5) is 0 Å². The second kappa shape index (κ2) is 7.40. The van der Waals surface area contributed by atoms with Gasteiger partial charge in [0.05, 0.1) is 7.11 Å². The summed E-state index contributed by atoms with van der Waals surface area (Å²) in [6, 6.07) is 25.7. The third-order valence-corrected chi connectivity index (χ3v) is 4.43. The van der Waals surface area contributed by atoms with E-state index < -0.39 is 0 Å². The number of aryl methyl sites for hydroxylation is 3. The standard InChI is InChI=1S/C24H24O/c1-17-5-11-20(12-6-17)23(21-13-7-18(2)8-14-21)24(25-4)22-15-9-19(3)10-16-22/h5-16H,1-4H3. The molecule has 0 unspecified atom stereocenters. The smallest absolute Gasteiger partial charge is 0.134 e. The number of methoxy groups -OCH3 is 1. The number of rotatable bonds is 4. The lowest BCUT2D eigenvalue weighted by atomic mass is 9.93. The maximum Gasteiger partial charge on any atom is 0.134 e. The number of benzene rings is 3. The maximum atomic E-state index is 5.89. The zero-order chi connectivity index (χ0) is 17.8. The van der Waals surface area contributed by atoms with Crippen LogP contribution in [0.25, 0.3) is 11.3 Å². The minimum atomic E-state index is 0.896. The highest BCUT2D eigenvalue weighted by Gasteiger charge is 2.15. The molecule has 0 aliphatic heterocycles. The van der Waals surface area contributed by atoms with Crippen LogP contribution < -0.4 is 0 Å². The quantitative estimate of drug-likeness (QED) is 0.411. The Morgan fingerprint density at radius 2 is 0.840 bits per heavy atom. The van der Waals surface area contributed by atoms with E-state index in [1.807, 2.05) is 0 Å². The molecule has 0 fully saturated rings. The Labute approximate surface area is 150 Å². The van der Waals surface area contributed by atoms with Gasteiger partial charge in [-0.15, -0.1) is 0 Å². The van der Waals surface area contributed by atoms with Gasteiger partial charge in [-0.25, -0.2) is 0 Å². The number of hydrogen-bond acceptors (Lipinski definition) is 1. The van der Waals surface area contributed by atoms with Gasteiger partial charge in [-0.3, -0.25) is 0 Å². The lowest BCUT2D eigenvalue weighted by molar-refractivity contribution is 0.371. The Morgan fingerprint density at radius 1 is 0.520 bits per heavy atom. The van der Waals surface area contributed by atoms with Gasteiger partial charge in [-0.05, 0) is 31.9 Å². The van der Waals surface area contributed by atoms with E-state index in [0.717, 1.165) is 28.0 Å². The maximum absolute atomic E-state index is 5.89. The first-order valence-corrected chi connectivity index (χ1v) is 8.58. The van der Waals surface area contributed by atoms with Crippen molar-refractivity contribution in [1.29, 1.82) is 0 Å². The van der Waals surface area contributed by atoms with E-state index >= 15 is 0 Å². The molecule has 0 atom stereocenters. The number of ether oxygens (including phenoxy) is 1. The van der Waals surface area contributed by atoms with Crippen molar-refractivity contribution in [2.75, 3.05) is 7.11 Å². The first-order valence-electron chi connectivity index (χ1n) is 8.58. The molecule has 25 heavy (non-hydrogen) atoms. The van der Waals surface area contributed by atoms with Gasteiger partial charge in [0, 0.05) is 11.1 Å². The van der Waals surface area contributed by atoms with Gasteiger partial charge in [0.15, 0.2) is 0 Å². The molecule has 3 aromatic carbocycles. The molecule has 0 aromatic heterocycles. The molecule has 0 bridgehead atoms. The Bertz CT molecular complexity index is 819. The molecular weight excluding hydrogens is 304 g/mol. The molecule has 0 saturated carbocycles. The molecule has 0 N–H and O–H groups in total. The highest BCUT2D eigenvalue weighted by Crippen LogP contribution is 2.33. The van der Waals surface area contributed by atoms with E-state index in [2.05, 4.69) is 93.6 Å². The normalized spacial score (nSPS) is 10.4. The van der Waals surface area contributed by atoms with E-state index in [1.165, 1.54) is 16.7 Å². The second-order valence-corrected chi connectivity index (χ2v) is 6.51. The van der Waals surface area contributed by atoms with Crippen molar-refractivity contribution in [2.24, 2.45) is 0 Å². The summed E-state index contributed by atoms with van der Waals surface area (Å²) in [6.07, 6.45) is 0. The third kappa shape index (κ3) is 3.83. The molecule has 0 amide bonds. The molecule has 3 rings (SSSR count). The second-order valence-electron chi connectivity index (χ2n) is 6.51. The summed E-state index contributed by atoms with van der Waals surface area (Å²) in [4.78, 5) is 0. The lowest BCUT2D eigenvalue weighted by Gasteiger charge is -2.16. The summed E-state index contributed by atoms with van der Waals surface area (Å²) in [6.45, 7) is 6.31. The van der Waals surface area contributed by atoms with Crippen LogP contribution in [-0.4, -0.2) is 7.11 Å². The van der Waals surface area contributed by atoms with Crippen molar-refractivity contribution in [3.8, 4) is 0 Å². The largest absolute Gasteiger partial charge is 0.495 e. The van der Waals surface area contributed by atoms with Crippen LogP contribution in [0.15, 0.2) is 72.8 Å². The SMILES string of the molecule is COC(=C(c1ccc(C)cc1)c1ccc(C)cc1)c1ccc(C)cc1. The first kappa shape index (κ1) is 17.0. The Balaban J connectivity index is 2.25. The zero-order valence-corrected chi connectivity index (χ0v) is 15.3. The van der Waals surface area contributed by atoms with Crippen LogP contribution >= 0.6 is 0 Å². The zero-order valence-electron chi connectivity index (χ0n) is 15.3. The highest BCUT2D eigenvalue weighted by molar-refractivity contribution is 5.96. The van der Waals surface area contributed by atoms with Crippen LogP contribution in [0.2, 0.25) is 0 Å². The summed E-state index contributed by atoms with van der Waals surface area (Å²) in [5.74, 6) is 0.896. The van der Waals surface area contributed by atoms with Crippen molar-refractivity contribution in [1.82, 2.24) is 0 Å². The van der Waals surface area contributed by atoms with Crippen LogP contribution in [0.3, 0.4) is 0 Å². The third-order valence-electron chi connectivity index (χ3n) is 4.43. The minimum Gasteiger partial charge on any atom is -0.495 e. The summed E-state index contributed by atoms with van der Waals surface area (Å²) >= 11 is 0. The van der Waals surface area contributed by atoms with E-state index in [9.17, 15) is 0 Å². The van der Waals surface area contributed by atoms with Crippen molar-refractivity contribution >= 4 is 11.3 Å². The molecule has 0 aliphatic carbocycles. The van der Waals surface area contributed by atoms with E-state index in [4.69, 9.17) is 4.74 Å². The molecule has 3 aromatic rings. The average Bonchev–Trinajstić information content (AvgIpc) is 2.63. The van der Waals surface area contributed by atoms with E-state index in [-0.39, 0.29) is 0 Å². The molecule has 1 nitrogen and oxygen atoms in total. The Kier molecular flexibility index (Phi) is 5.04. The van der Waals surface area contributed by atoms with Gasteiger partial charge in [0.25, 0.3) is 0 Å². The summed E-state index contributed by atoms with van der Waals surface area (Å²) in [5, 5.41) is 0. The predicted molar refractivity (Wildman–Crippen MR) is 106 cm³/mol. The summed E-state index contributed by atoms with van der Waals surface area (Å²) in [7, 11) is 1.75. The van der Waals surface area contributed by atoms with Crippen molar-refractivity contribution in [2.45, 2.75) is 20.8 Å². The van der Waals surface area contributed by atoms with E-state index in [0.29, 0.717) is 0 Å². The lowest BCUT2D eigenvalue weighted by Crippen LogP contribution is -1.97. The van der Waals surface area contributed by atoms with Gasteiger partial charge in [-0.2, -0.15) is 0 Å². The van der Waals surface area contributed by atoms with E-state index in [1.54, 1.807) is 7.11 Å². The molecule has 0 heterocycles. The van der Waals surface area contributed by atoms with Gasteiger partial charge in [-0.1, -0.05) is 89.5 Å². The van der Waals surface area contributed by atoms with Crippen molar-refractivity contribution in [3.05, 3.63) is 106 Å². The Hall–Kier alpha value is -2.80. The first-order chi connectivity index (χ1) is 12.1. The topological polar surface area (TPSA) is 9.23 Å². The minimum absolute atomic E-state index is 0.896. The summed E-state index contributed by atoms with van der Waals surface area (Å²) in [5.41, 5.74) is 8.27. The molecule has 126 valence electrons. The molecule has 0 spiro atoms. The monoisotopic (exact) mass is 328 g/mol. The van der Waals surface area contributed by atoms with Crippen molar-refractivity contribution < 1.29 is 4.74 Å². The van der Waals surface area contributed by atoms with Gasteiger partial charge >= 0.3 is 0 Å². The highest BCUT2D eigenvalue weighted by atomic mass is 16.5. The molecule has 1 heteroatoms. The fourth-order valence-electron chi connectivity index (χ4n) is 2.94. The van der Waals surface area contributed by atoms with Crippen LogP contribution in [0, 0.1) is 20.8 Å². The van der Waals surface area contributed by atoms with Crippen LogP contribution in [0.1, 0.15) is 33.4 Å². The van der Waals surface area contributed by atoms with Gasteiger partial charge in [0.1, 0.15) is 5.76 Å². The van der Waals surface area contributed by atoms with Crippen LogP contribution in [0.5, 0.6) is 0 Å². The molecular formula is C24H24O. The molecule has 0 radical (unpaired) electrons. The molecule has 0 aliphatic rings. The summed E-state index contributed by atoms with van der Waals surface area (Å²) < 4.78 is 5.89. The Morgan fingerprint density at radius 3 is 1.16 bits per heavy atom.